The topological polar surface area (TPSA) is 78.4 Å². The van der Waals surface area contributed by atoms with Crippen molar-refractivity contribution in [1.29, 1.82) is 0 Å². The van der Waals surface area contributed by atoms with Crippen LogP contribution in [-0.4, -0.2) is 36.1 Å². The van der Waals surface area contributed by atoms with E-state index in [1.807, 2.05) is 0 Å². The fourth-order valence-corrected chi connectivity index (χ4v) is 1.65. The van der Waals surface area contributed by atoms with Crippen molar-refractivity contribution in [1.82, 2.24) is 10.6 Å². The van der Waals surface area contributed by atoms with Gasteiger partial charge in [0.1, 0.15) is 0 Å². The monoisotopic (exact) mass is 200 g/mol. The summed E-state index contributed by atoms with van der Waals surface area (Å²) in [6.07, 6.45) is 1.27. The highest BCUT2D eigenvalue weighted by molar-refractivity contribution is 5.73. The summed E-state index contributed by atoms with van der Waals surface area (Å²) in [7, 11) is 0. The third-order valence-corrected chi connectivity index (χ3v) is 2.44. The fourth-order valence-electron chi connectivity index (χ4n) is 1.65. The molecular formula is C9H16N2O3. The van der Waals surface area contributed by atoms with E-state index < -0.39 is 5.97 Å². The molecule has 0 aliphatic carbocycles. The van der Waals surface area contributed by atoms with Gasteiger partial charge in [0.15, 0.2) is 0 Å². The van der Waals surface area contributed by atoms with Gasteiger partial charge in [0.25, 0.3) is 0 Å². The molecule has 1 aliphatic heterocycles. The van der Waals surface area contributed by atoms with Gasteiger partial charge in [0.05, 0.1) is 5.92 Å². The minimum atomic E-state index is -0.737. The molecule has 5 heteroatoms. The van der Waals surface area contributed by atoms with E-state index in [4.69, 9.17) is 5.11 Å². The van der Waals surface area contributed by atoms with E-state index in [9.17, 15) is 9.59 Å². The molecule has 0 unspecified atom stereocenters. The molecule has 1 saturated heterocycles. The molecule has 0 bridgehead atoms. The molecule has 0 aromatic carbocycles. The zero-order chi connectivity index (χ0) is 10.6. The first-order valence-corrected chi connectivity index (χ1v) is 4.80. The number of amides is 1. The van der Waals surface area contributed by atoms with E-state index in [1.54, 1.807) is 0 Å². The van der Waals surface area contributed by atoms with Gasteiger partial charge in [-0.3, -0.25) is 9.59 Å². The van der Waals surface area contributed by atoms with Crippen LogP contribution in [0.4, 0.5) is 0 Å². The highest BCUT2D eigenvalue weighted by atomic mass is 16.4. The summed E-state index contributed by atoms with van der Waals surface area (Å²) in [5.74, 6) is -1.08. The molecular weight excluding hydrogens is 184 g/mol. The second kappa shape index (κ2) is 4.95. The summed E-state index contributed by atoms with van der Waals surface area (Å²) in [6.45, 7) is 2.68. The standard InChI is InChI=1S/C9H16N2O3/c1-6(12)11-5-8-4-7(9(13)14)2-3-10-8/h7-8,10H,2-5H2,1H3,(H,11,12)(H,13,14)/t7-,8+/m1/s1. The Morgan fingerprint density at radius 1 is 1.57 bits per heavy atom. The Kier molecular flexibility index (Phi) is 3.88. The third kappa shape index (κ3) is 3.33. The molecule has 80 valence electrons. The van der Waals surface area contributed by atoms with E-state index >= 15 is 0 Å². The molecule has 1 aliphatic rings. The van der Waals surface area contributed by atoms with Crippen molar-refractivity contribution < 1.29 is 14.7 Å². The molecule has 0 aromatic heterocycles. The maximum absolute atomic E-state index is 10.7. The average molecular weight is 200 g/mol. The van der Waals surface area contributed by atoms with Gasteiger partial charge in [-0.05, 0) is 19.4 Å². The van der Waals surface area contributed by atoms with Crippen LogP contribution in [0.3, 0.4) is 0 Å². The summed E-state index contributed by atoms with van der Waals surface area (Å²) in [5.41, 5.74) is 0. The quantitative estimate of drug-likeness (QED) is 0.578. The van der Waals surface area contributed by atoms with Crippen LogP contribution in [0.1, 0.15) is 19.8 Å². The first kappa shape index (κ1) is 11.0. The van der Waals surface area contributed by atoms with Crippen molar-refractivity contribution in [2.75, 3.05) is 13.1 Å². The predicted octanol–water partition coefficient (Wildman–Crippen LogP) is -0.425. The molecule has 1 fully saturated rings. The molecule has 0 saturated carbocycles. The van der Waals surface area contributed by atoms with Crippen molar-refractivity contribution in [3.63, 3.8) is 0 Å². The molecule has 1 amide bonds. The number of hydrogen-bond donors (Lipinski definition) is 3. The van der Waals surface area contributed by atoms with Crippen LogP contribution in [-0.2, 0) is 9.59 Å². The number of carboxylic acids is 1. The molecule has 0 aromatic rings. The number of aliphatic carboxylic acids is 1. The van der Waals surface area contributed by atoms with Crippen LogP contribution in [0.5, 0.6) is 0 Å². The lowest BCUT2D eigenvalue weighted by Gasteiger charge is -2.27. The highest BCUT2D eigenvalue weighted by Crippen LogP contribution is 2.15. The molecule has 0 radical (unpaired) electrons. The zero-order valence-electron chi connectivity index (χ0n) is 8.25. The second-order valence-electron chi connectivity index (χ2n) is 3.65. The van der Waals surface area contributed by atoms with E-state index in [0.717, 1.165) is 0 Å². The van der Waals surface area contributed by atoms with Crippen molar-refractivity contribution in [2.45, 2.75) is 25.8 Å². The normalized spacial score (nSPS) is 26.9. The van der Waals surface area contributed by atoms with Crippen LogP contribution in [0, 0.1) is 5.92 Å². The SMILES string of the molecule is CC(=O)NC[C@@H]1C[C@H](C(=O)O)CCN1. The van der Waals surface area contributed by atoms with Crippen LogP contribution >= 0.6 is 0 Å². The Labute approximate surface area is 82.9 Å². The summed E-state index contributed by atoms with van der Waals surface area (Å²) >= 11 is 0. The number of nitrogens with one attached hydrogen (secondary N) is 2. The van der Waals surface area contributed by atoms with E-state index in [1.165, 1.54) is 6.92 Å². The molecule has 1 rings (SSSR count). The number of carboxylic acid groups (broad SMARTS) is 1. The lowest BCUT2D eigenvalue weighted by Crippen LogP contribution is -2.46. The minimum absolute atomic E-state index is 0.0794. The van der Waals surface area contributed by atoms with Crippen LogP contribution < -0.4 is 10.6 Å². The van der Waals surface area contributed by atoms with Crippen molar-refractivity contribution in [2.24, 2.45) is 5.92 Å². The molecule has 2 atom stereocenters. The summed E-state index contributed by atoms with van der Waals surface area (Å²) < 4.78 is 0. The van der Waals surface area contributed by atoms with Gasteiger partial charge >= 0.3 is 5.97 Å². The van der Waals surface area contributed by atoms with Gasteiger partial charge in [0, 0.05) is 19.5 Å². The van der Waals surface area contributed by atoms with Crippen LogP contribution in [0.15, 0.2) is 0 Å². The molecule has 0 spiro atoms. The van der Waals surface area contributed by atoms with Crippen molar-refractivity contribution in [3.8, 4) is 0 Å². The Bertz CT molecular complexity index is 230. The summed E-state index contributed by atoms with van der Waals surface area (Å²) in [4.78, 5) is 21.4. The number of rotatable bonds is 3. The Balaban J connectivity index is 2.32. The first-order chi connectivity index (χ1) is 6.59. The largest absolute Gasteiger partial charge is 0.481 e. The van der Waals surface area contributed by atoms with Crippen molar-refractivity contribution >= 4 is 11.9 Å². The zero-order valence-corrected chi connectivity index (χ0v) is 8.25. The second-order valence-corrected chi connectivity index (χ2v) is 3.65. The van der Waals surface area contributed by atoms with E-state index in [-0.39, 0.29) is 17.9 Å². The predicted molar refractivity (Wildman–Crippen MR) is 50.8 cm³/mol. The smallest absolute Gasteiger partial charge is 0.306 e. The molecule has 5 nitrogen and oxygen atoms in total. The number of carbonyl (C=O) groups excluding carboxylic acids is 1. The van der Waals surface area contributed by atoms with Crippen LogP contribution in [0.2, 0.25) is 0 Å². The Hall–Kier alpha value is -1.10. The van der Waals surface area contributed by atoms with Gasteiger partial charge in [-0.1, -0.05) is 0 Å². The lowest BCUT2D eigenvalue weighted by molar-refractivity contribution is -0.142. The summed E-state index contributed by atoms with van der Waals surface area (Å²) in [5, 5.41) is 14.7. The van der Waals surface area contributed by atoms with Gasteiger partial charge < -0.3 is 15.7 Å². The number of piperidine rings is 1. The van der Waals surface area contributed by atoms with Gasteiger partial charge in [-0.25, -0.2) is 0 Å². The first-order valence-electron chi connectivity index (χ1n) is 4.80. The van der Waals surface area contributed by atoms with E-state index in [0.29, 0.717) is 25.9 Å². The minimum Gasteiger partial charge on any atom is -0.481 e. The number of hydrogen-bond acceptors (Lipinski definition) is 3. The molecule has 14 heavy (non-hydrogen) atoms. The maximum atomic E-state index is 10.7. The fraction of sp³-hybridized carbons (Fsp3) is 0.778. The van der Waals surface area contributed by atoms with E-state index in [2.05, 4.69) is 10.6 Å². The molecule has 3 N–H and O–H groups in total. The van der Waals surface area contributed by atoms with Gasteiger partial charge in [-0.2, -0.15) is 0 Å². The van der Waals surface area contributed by atoms with Crippen LogP contribution in [0.25, 0.3) is 0 Å². The lowest BCUT2D eigenvalue weighted by atomic mass is 9.92. The average Bonchev–Trinajstić information content (AvgIpc) is 2.15. The van der Waals surface area contributed by atoms with Crippen molar-refractivity contribution in [3.05, 3.63) is 0 Å². The third-order valence-electron chi connectivity index (χ3n) is 2.44. The highest BCUT2D eigenvalue weighted by Gasteiger charge is 2.26. The van der Waals surface area contributed by atoms with Gasteiger partial charge in [0.2, 0.25) is 5.91 Å². The maximum Gasteiger partial charge on any atom is 0.306 e. The Morgan fingerprint density at radius 2 is 2.29 bits per heavy atom. The summed E-state index contributed by atoms with van der Waals surface area (Å²) in [6, 6.07) is 0.0914. The van der Waals surface area contributed by atoms with Gasteiger partial charge in [-0.15, -0.1) is 0 Å². The number of carbonyl (C=O) groups is 2. The molecule has 1 heterocycles. The Morgan fingerprint density at radius 3 is 2.86 bits per heavy atom.